The van der Waals surface area contributed by atoms with Gasteiger partial charge in [0.1, 0.15) is 0 Å². The third kappa shape index (κ3) is 5.04. The molecule has 1 unspecified atom stereocenters. The molecule has 25 heavy (non-hydrogen) atoms. The fourth-order valence-electron chi connectivity index (χ4n) is 3.15. The summed E-state index contributed by atoms with van der Waals surface area (Å²) in [5.41, 5.74) is 2.13. The monoisotopic (exact) mass is 342 g/mol. The second-order valence-electron chi connectivity index (χ2n) is 7.66. The summed E-state index contributed by atoms with van der Waals surface area (Å²) < 4.78 is 5.88. The molecule has 0 amide bonds. The summed E-state index contributed by atoms with van der Waals surface area (Å²) in [6, 6.07) is 0. The van der Waals surface area contributed by atoms with Crippen molar-refractivity contribution in [3.05, 3.63) is 46.8 Å². The molecule has 0 aromatic carbocycles. The Morgan fingerprint density at radius 3 is 2.72 bits per heavy atom. The predicted octanol–water partition coefficient (Wildman–Crippen LogP) is 5.24. The summed E-state index contributed by atoms with van der Waals surface area (Å²) in [5.74, 6) is 0.0380. The van der Waals surface area contributed by atoms with Crippen molar-refractivity contribution in [3.63, 3.8) is 0 Å². The van der Waals surface area contributed by atoms with Crippen molar-refractivity contribution in [3.8, 4) is 0 Å². The zero-order valence-corrected chi connectivity index (χ0v) is 16.0. The van der Waals surface area contributed by atoms with Gasteiger partial charge in [0.25, 0.3) is 0 Å². The molecule has 1 aliphatic heterocycles. The third-order valence-corrected chi connectivity index (χ3v) is 4.83. The van der Waals surface area contributed by atoms with Crippen LogP contribution >= 0.6 is 0 Å². The first-order valence-corrected chi connectivity index (χ1v) is 9.35. The van der Waals surface area contributed by atoms with Crippen LogP contribution in [0.4, 0.5) is 0 Å². The van der Waals surface area contributed by atoms with Crippen LogP contribution in [0.5, 0.6) is 0 Å². The highest BCUT2D eigenvalue weighted by Crippen LogP contribution is 2.34. The Bertz CT molecular complexity index is 657. The average molecular weight is 342 g/mol. The molecule has 136 valence electrons. The van der Waals surface area contributed by atoms with Crippen molar-refractivity contribution in [1.82, 2.24) is 0 Å². The van der Waals surface area contributed by atoms with Crippen molar-refractivity contribution in [2.75, 3.05) is 6.61 Å². The van der Waals surface area contributed by atoms with Gasteiger partial charge in [0.15, 0.2) is 11.5 Å². The first kappa shape index (κ1) is 19.4. The van der Waals surface area contributed by atoms with Gasteiger partial charge in [-0.25, -0.2) is 0 Å². The number of rotatable bonds is 7. The molecule has 0 aromatic heterocycles. The number of Topliss-reactive ketones (excluding diaryl/α,β-unsaturated/α-hetero) is 1. The molecule has 1 aliphatic carbocycles. The maximum Gasteiger partial charge on any atom is 0.224 e. The molecule has 0 bridgehead atoms. The van der Waals surface area contributed by atoms with Crippen LogP contribution in [0.25, 0.3) is 0 Å². The molecule has 2 rings (SSSR count). The van der Waals surface area contributed by atoms with Gasteiger partial charge in [0.05, 0.1) is 12.2 Å². The lowest BCUT2D eigenvalue weighted by Crippen LogP contribution is -2.23. The second-order valence-corrected chi connectivity index (χ2v) is 7.66. The Hall–Kier alpha value is -1.90. The van der Waals surface area contributed by atoms with E-state index < -0.39 is 0 Å². The average Bonchev–Trinajstić information content (AvgIpc) is 2.72. The Kier molecular flexibility index (Phi) is 6.57. The number of carbonyl (C=O) groups is 2. The SMILES string of the molecule is CCCCCC1=CC(=O)C2=C(OCC(C)(CCC=C(C)C)C=C2)C1=O. The van der Waals surface area contributed by atoms with Gasteiger partial charge in [-0.15, -0.1) is 0 Å². The van der Waals surface area contributed by atoms with Crippen molar-refractivity contribution in [2.45, 2.75) is 66.2 Å². The fourth-order valence-corrected chi connectivity index (χ4v) is 3.15. The van der Waals surface area contributed by atoms with E-state index in [4.69, 9.17) is 4.74 Å². The summed E-state index contributed by atoms with van der Waals surface area (Å²) in [5, 5.41) is 0. The minimum atomic E-state index is -0.174. The van der Waals surface area contributed by atoms with Crippen molar-refractivity contribution in [2.24, 2.45) is 5.41 Å². The van der Waals surface area contributed by atoms with Gasteiger partial charge in [-0.1, -0.05) is 50.5 Å². The summed E-state index contributed by atoms with van der Waals surface area (Å²) in [6.07, 6.45) is 13.2. The van der Waals surface area contributed by atoms with E-state index in [1.54, 1.807) is 6.08 Å². The Balaban J connectivity index is 2.10. The van der Waals surface area contributed by atoms with E-state index in [1.165, 1.54) is 11.6 Å². The Morgan fingerprint density at radius 1 is 1.28 bits per heavy atom. The minimum absolute atomic E-state index is 0.106. The zero-order chi connectivity index (χ0) is 18.4. The molecule has 0 N–H and O–H groups in total. The number of carbonyl (C=O) groups excluding carboxylic acids is 2. The maximum absolute atomic E-state index is 12.7. The molecule has 0 saturated heterocycles. The highest BCUT2D eigenvalue weighted by Gasteiger charge is 2.33. The van der Waals surface area contributed by atoms with Crippen molar-refractivity contribution < 1.29 is 14.3 Å². The van der Waals surface area contributed by atoms with Crippen molar-refractivity contribution >= 4 is 11.6 Å². The number of allylic oxidation sites excluding steroid dienone is 6. The lowest BCUT2D eigenvalue weighted by Gasteiger charge is -2.25. The van der Waals surface area contributed by atoms with Crippen LogP contribution in [0.2, 0.25) is 0 Å². The van der Waals surface area contributed by atoms with Crippen LogP contribution in [0.3, 0.4) is 0 Å². The van der Waals surface area contributed by atoms with Gasteiger partial charge in [-0.2, -0.15) is 0 Å². The first-order valence-electron chi connectivity index (χ1n) is 9.35. The lowest BCUT2D eigenvalue weighted by atomic mass is 9.85. The number of hydrogen-bond acceptors (Lipinski definition) is 3. The second kappa shape index (κ2) is 8.46. The standard InChI is InChI=1S/C22H30O3/c1-5-6-7-10-17-14-19(23)18-11-13-22(4,12-8-9-16(2)3)15-25-21(18)20(17)24/h9,11,13-14H,5-8,10,12,15H2,1-4H3. The van der Waals surface area contributed by atoms with Crippen molar-refractivity contribution in [1.29, 1.82) is 0 Å². The van der Waals surface area contributed by atoms with E-state index >= 15 is 0 Å². The molecular formula is C22H30O3. The minimum Gasteiger partial charge on any atom is -0.488 e. The highest BCUT2D eigenvalue weighted by atomic mass is 16.5. The number of ether oxygens (including phenoxy) is 1. The van der Waals surface area contributed by atoms with Gasteiger partial charge in [0.2, 0.25) is 5.78 Å². The van der Waals surface area contributed by atoms with Gasteiger partial charge >= 0.3 is 0 Å². The molecule has 1 atom stereocenters. The van der Waals surface area contributed by atoms with Crippen LogP contribution in [0.15, 0.2) is 46.8 Å². The normalized spacial score (nSPS) is 23.0. The molecule has 0 spiro atoms. The van der Waals surface area contributed by atoms with Crippen LogP contribution in [0, 0.1) is 5.41 Å². The van der Waals surface area contributed by atoms with Crippen LogP contribution in [-0.4, -0.2) is 18.2 Å². The lowest BCUT2D eigenvalue weighted by molar-refractivity contribution is -0.119. The zero-order valence-electron chi connectivity index (χ0n) is 16.0. The quantitative estimate of drug-likeness (QED) is 0.361. The smallest absolute Gasteiger partial charge is 0.224 e. The van der Waals surface area contributed by atoms with E-state index in [0.29, 0.717) is 24.2 Å². The van der Waals surface area contributed by atoms with E-state index in [-0.39, 0.29) is 22.7 Å². The molecule has 0 fully saturated rings. The summed E-state index contributed by atoms with van der Waals surface area (Å²) in [6.45, 7) is 8.85. The Labute approximate surface area is 151 Å². The number of ketones is 2. The molecule has 0 saturated carbocycles. The topological polar surface area (TPSA) is 43.4 Å². The van der Waals surface area contributed by atoms with E-state index in [1.807, 2.05) is 6.08 Å². The van der Waals surface area contributed by atoms with E-state index in [9.17, 15) is 9.59 Å². The number of hydrogen-bond donors (Lipinski definition) is 0. The molecule has 3 heteroatoms. The molecule has 3 nitrogen and oxygen atoms in total. The maximum atomic E-state index is 12.7. The number of unbranched alkanes of at least 4 members (excludes halogenated alkanes) is 2. The van der Waals surface area contributed by atoms with E-state index in [2.05, 4.69) is 33.8 Å². The molecule has 0 aromatic rings. The van der Waals surface area contributed by atoms with Crippen LogP contribution in [-0.2, 0) is 14.3 Å². The first-order chi connectivity index (χ1) is 11.9. The predicted molar refractivity (Wildman–Crippen MR) is 101 cm³/mol. The molecule has 2 aliphatic rings. The largest absolute Gasteiger partial charge is 0.488 e. The van der Waals surface area contributed by atoms with Gasteiger partial charge in [-0.3, -0.25) is 9.59 Å². The Morgan fingerprint density at radius 2 is 2.04 bits per heavy atom. The third-order valence-electron chi connectivity index (χ3n) is 4.83. The van der Waals surface area contributed by atoms with Gasteiger partial charge in [-0.05, 0) is 45.6 Å². The van der Waals surface area contributed by atoms with Crippen LogP contribution in [0.1, 0.15) is 66.2 Å². The van der Waals surface area contributed by atoms with Crippen LogP contribution < -0.4 is 0 Å². The molecular weight excluding hydrogens is 312 g/mol. The summed E-state index contributed by atoms with van der Waals surface area (Å²) in [7, 11) is 0. The van der Waals surface area contributed by atoms with E-state index in [0.717, 1.165) is 32.1 Å². The molecule has 0 radical (unpaired) electrons. The van der Waals surface area contributed by atoms with Gasteiger partial charge < -0.3 is 4.74 Å². The van der Waals surface area contributed by atoms with Gasteiger partial charge in [0, 0.05) is 11.0 Å². The molecule has 1 heterocycles. The summed E-state index contributed by atoms with van der Waals surface area (Å²) >= 11 is 0. The highest BCUT2D eigenvalue weighted by molar-refractivity contribution is 6.23. The summed E-state index contributed by atoms with van der Waals surface area (Å²) in [4.78, 5) is 25.2. The fraction of sp³-hybridized carbons (Fsp3) is 0.545.